The first-order valence-corrected chi connectivity index (χ1v) is 6.39. The SMILES string of the molecule is Cc1nn(C(C)C(=O)NCc2ccco2)c(C)c1Cl. The Balaban J connectivity index is 2.04. The summed E-state index contributed by atoms with van der Waals surface area (Å²) in [5.74, 6) is 0.589. The molecule has 0 bridgehead atoms. The maximum atomic E-state index is 12.1. The molecule has 0 spiro atoms. The van der Waals surface area contributed by atoms with Crippen LogP contribution in [0.1, 0.15) is 30.1 Å². The van der Waals surface area contributed by atoms with Crippen molar-refractivity contribution < 1.29 is 9.21 Å². The average molecular weight is 282 g/mol. The Morgan fingerprint density at radius 1 is 1.58 bits per heavy atom. The standard InChI is InChI=1S/C13H16ClN3O2/c1-8-12(14)9(2)17(16-8)10(3)13(18)15-7-11-5-4-6-19-11/h4-6,10H,7H2,1-3H3,(H,15,18). The Hall–Kier alpha value is -1.75. The first-order chi connectivity index (χ1) is 9.00. The van der Waals surface area contributed by atoms with Crippen LogP contribution in [0.25, 0.3) is 0 Å². The molecule has 1 amide bonds. The molecule has 0 aliphatic carbocycles. The van der Waals surface area contributed by atoms with E-state index in [1.807, 2.05) is 19.9 Å². The summed E-state index contributed by atoms with van der Waals surface area (Å²) in [6, 6.07) is 3.18. The van der Waals surface area contributed by atoms with E-state index >= 15 is 0 Å². The zero-order valence-corrected chi connectivity index (χ0v) is 11.9. The maximum Gasteiger partial charge on any atom is 0.244 e. The van der Waals surface area contributed by atoms with Gasteiger partial charge in [-0.2, -0.15) is 5.10 Å². The van der Waals surface area contributed by atoms with Gasteiger partial charge in [0.05, 0.1) is 29.2 Å². The molecule has 0 saturated heterocycles. The van der Waals surface area contributed by atoms with Crippen LogP contribution in [0.4, 0.5) is 0 Å². The highest BCUT2D eigenvalue weighted by atomic mass is 35.5. The van der Waals surface area contributed by atoms with Gasteiger partial charge in [0.15, 0.2) is 0 Å². The number of nitrogens with one attached hydrogen (secondary N) is 1. The van der Waals surface area contributed by atoms with Crippen LogP contribution in [0.15, 0.2) is 22.8 Å². The van der Waals surface area contributed by atoms with Crippen molar-refractivity contribution in [3.05, 3.63) is 40.6 Å². The normalized spacial score (nSPS) is 12.4. The van der Waals surface area contributed by atoms with Crippen LogP contribution in [-0.4, -0.2) is 15.7 Å². The zero-order valence-electron chi connectivity index (χ0n) is 11.1. The van der Waals surface area contributed by atoms with Gasteiger partial charge < -0.3 is 9.73 Å². The lowest BCUT2D eigenvalue weighted by Crippen LogP contribution is -2.31. The molecule has 6 heteroatoms. The number of nitrogens with zero attached hydrogens (tertiary/aromatic N) is 2. The Bertz CT molecular complexity index is 575. The van der Waals surface area contributed by atoms with Gasteiger partial charge in [-0.1, -0.05) is 11.6 Å². The third-order valence-corrected chi connectivity index (χ3v) is 3.55. The average Bonchev–Trinajstić information content (AvgIpc) is 2.99. The van der Waals surface area contributed by atoms with E-state index in [0.717, 1.165) is 11.4 Å². The Morgan fingerprint density at radius 3 is 2.84 bits per heavy atom. The Kier molecular flexibility index (Phi) is 3.95. The molecule has 0 saturated carbocycles. The van der Waals surface area contributed by atoms with E-state index in [1.54, 1.807) is 23.9 Å². The number of rotatable bonds is 4. The number of furan rings is 1. The zero-order chi connectivity index (χ0) is 14.0. The summed E-state index contributed by atoms with van der Waals surface area (Å²) in [5.41, 5.74) is 1.52. The number of aromatic nitrogens is 2. The molecule has 2 rings (SSSR count). The lowest BCUT2D eigenvalue weighted by Gasteiger charge is -2.13. The number of hydrogen-bond donors (Lipinski definition) is 1. The van der Waals surface area contributed by atoms with E-state index in [-0.39, 0.29) is 5.91 Å². The van der Waals surface area contributed by atoms with E-state index in [0.29, 0.717) is 17.3 Å². The van der Waals surface area contributed by atoms with Crippen molar-refractivity contribution in [1.29, 1.82) is 0 Å². The molecule has 5 nitrogen and oxygen atoms in total. The van der Waals surface area contributed by atoms with Crippen molar-refractivity contribution in [2.24, 2.45) is 0 Å². The van der Waals surface area contributed by atoms with Crippen LogP contribution in [0.5, 0.6) is 0 Å². The van der Waals surface area contributed by atoms with Crippen molar-refractivity contribution in [3.8, 4) is 0 Å². The molecule has 1 N–H and O–H groups in total. The van der Waals surface area contributed by atoms with Crippen LogP contribution in [-0.2, 0) is 11.3 Å². The third kappa shape index (κ3) is 2.81. The Morgan fingerprint density at radius 2 is 2.32 bits per heavy atom. The van der Waals surface area contributed by atoms with Gasteiger partial charge in [0.1, 0.15) is 11.8 Å². The summed E-state index contributed by atoms with van der Waals surface area (Å²) in [4.78, 5) is 12.1. The molecule has 0 aliphatic heterocycles. The summed E-state index contributed by atoms with van der Waals surface area (Å²) in [6.07, 6.45) is 1.58. The fourth-order valence-electron chi connectivity index (χ4n) is 1.87. The minimum atomic E-state index is -0.416. The topological polar surface area (TPSA) is 60.1 Å². The van der Waals surface area contributed by atoms with Crippen molar-refractivity contribution in [3.63, 3.8) is 0 Å². The number of carbonyl (C=O) groups is 1. The molecule has 102 valence electrons. The minimum Gasteiger partial charge on any atom is -0.467 e. The molecule has 1 unspecified atom stereocenters. The van der Waals surface area contributed by atoms with Gasteiger partial charge in [0, 0.05) is 0 Å². The highest BCUT2D eigenvalue weighted by Crippen LogP contribution is 2.22. The first kappa shape index (κ1) is 13.7. The van der Waals surface area contributed by atoms with Gasteiger partial charge in [-0.3, -0.25) is 9.48 Å². The van der Waals surface area contributed by atoms with Gasteiger partial charge in [-0.05, 0) is 32.9 Å². The lowest BCUT2D eigenvalue weighted by atomic mass is 10.3. The van der Waals surface area contributed by atoms with Crippen LogP contribution in [0.3, 0.4) is 0 Å². The predicted molar refractivity (Wildman–Crippen MR) is 72.0 cm³/mol. The second-order valence-corrected chi connectivity index (χ2v) is 4.78. The smallest absolute Gasteiger partial charge is 0.244 e. The molecule has 0 aromatic carbocycles. The predicted octanol–water partition coefficient (Wildman–Crippen LogP) is 2.62. The quantitative estimate of drug-likeness (QED) is 0.937. The summed E-state index contributed by atoms with van der Waals surface area (Å²) >= 11 is 6.08. The molecule has 19 heavy (non-hydrogen) atoms. The highest BCUT2D eigenvalue weighted by Gasteiger charge is 2.20. The fourth-order valence-corrected chi connectivity index (χ4v) is 1.99. The second kappa shape index (κ2) is 5.48. The van der Waals surface area contributed by atoms with Crippen molar-refractivity contribution in [1.82, 2.24) is 15.1 Å². The van der Waals surface area contributed by atoms with Crippen molar-refractivity contribution >= 4 is 17.5 Å². The molecule has 1 atom stereocenters. The van der Waals surface area contributed by atoms with Crippen LogP contribution in [0, 0.1) is 13.8 Å². The van der Waals surface area contributed by atoms with E-state index in [9.17, 15) is 4.79 Å². The molecular weight excluding hydrogens is 266 g/mol. The molecule has 0 fully saturated rings. The second-order valence-electron chi connectivity index (χ2n) is 4.40. The number of carbonyl (C=O) groups excluding carboxylic acids is 1. The fraction of sp³-hybridized carbons (Fsp3) is 0.385. The largest absolute Gasteiger partial charge is 0.467 e. The van der Waals surface area contributed by atoms with E-state index in [1.165, 1.54) is 0 Å². The Labute approximate surface area is 116 Å². The molecular formula is C13H16ClN3O2. The summed E-state index contributed by atoms with van der Waals surface area (Å²) in [6.45, 7) is 5.81. The van der Waals surface area contributed by atoms with Crippen LogP contribution in [0.2, 0.25) is 5.02 Å². The highest BCUT2D eigenvalue weighted by molar-refractivity contribution is 6.31. The molecule has 2 aromatic heterocycles. The monoisotopic (exact) mass is 281 g/mol. The number of hydrogen-bond acceptors (Lipinski definition) is 3. The number of aryl methyl sites for hydroxylation is 1. The molecule has 0 radical (unpaired) electrons. The van der Waals surface area contributed by atoms with Crippen molar-refractivity contribution in [2.75, 3.05) is 0 Å². The molecule has 2 heterocycles. The van der Waals surface area contributed by atoms with E-state index in [4.69, 9.17) is 16.0 Å². The summed E-state index contributed by atoms with van der Waals surface area (Å²) < 4.78 is 6.79. The number of halogens is 1. The van der Waals surface area contributed by atoms with Crippen molar-refractivity contribution in [2.45, 2.75) is 33.4 Å². The maximum absolute atomic E-state index is 12.1. The molecule has 2 aromatic rings. The number of amides is 1. The third-order valence-electron chi connectivity index (χ3n) is 3.00. The van der Waals surface area contributed by atoms with Gasteiger partial charge in [0.25, 0.3) is 0 Å². The summed E-state index contributed by atoms with van der Waals surface area (Å²) in [7, 11) is 0. The minimum absolute atomic E-state index is 0.126. The van der Waals surface area contributed by atoms with Gasteiger partial charge in [-0.25, -0.2) is 0 Å². The van der Waals surface area contributed by atoms with E-state index in [2.05, 4.69) is 10.4 Å². The lowest BCUT2D eigenvalue weighted by molar-refractivity contribution is -0.124. The first-order valence-electron chi connectivity index (χ1n) is 6.02. The summed E-state index contributed by atoms with van der Waals surface area (Å²) in [5, 5.41) is 7.68. The van der Waals surface area contributed by atoms with E-state index < -0.39 is 6.04 Å². The van der Waals surface area contributed by atoms with Gasteiger partial charge in [0.2, 0.25) is 5.91 Å². The molecule has 0 aliphatic rings. The van der Waals surface area contributed by atoms with Crippen LogP contribution < -0.4 is 5.32 Å². The van der Waals surface area contributed by atoms with Gasteiger partial charge in [-0.15, -0.1) is 0 Å². The van der Waals surface area contributed by atoms with Gasteiger partial charge >= 0.3 is 0 Å². The van der Waals surface area contributed by atoms with Crippen LogP contribution >= 0.6 is 11.6 Å².